The van der Waals surface area contributed by atoms with Crippen LogP contribution in [0.3, 0.4) is 0 Å². The van der Waals surface area contributed by atoms with Crippen molar-refractivity contribution in [3.63, 3.8) is 0 Å². The van der Waals surface area contributed by atoms with Crippen LogP contribution >= 0.6 is 0 Å². The minimum Gasteiger partial charge on any atom is -0.480 e. The monoisotopic (exact) mass is 403 g/mol. The van der Waals surface area contributed by atoms with Crippen molar-refractivity contribution in [1.29, 1.82) is 0 Å². The van der Waals surface area contributed by atoms with E-state index < -0.39 is 50.1 Å². The summed E-state index contributed by atoms with van der Waals surface area (Å²) >= 11 is 0. The molecular formula is C14H24N2NaO10+. The van der Waals surface area contributed by atoms with Gasteiger partial charge in [-0.2, -0.15) is 0 Å². The van der Waals surface area contributed by atoms with E-state index in [9.17, 15) is 19.2 Å². The second kappa shape index (κ2) is 16.9. The molecule has 0 aliphatic heterocycles. The Morgan fingerprint density at radius 2 is 0.815 bits per heavy atom. The van der Waals surface area contributed by atoms with Gasteiger partial charge in [0.2, 0.25) is 0 Å². The first kappa shape index (κ1) is 27.9. The van der Waals surface area contributed by atoms with Crippen LogP contribution in [-0.4, -0.2) is 120 Å². The van der Waals surface area contributed by atoms with Gasteiger partial charge in [0, 0.05) is 13.1 Å². The van der Waals surface area contributed by atoms with Crippen LogP contribution in [0.1, 0.15) is 0 Å². The fraction of sp³-hybridized carbons (Fsp3) is 0.714. The fourth-order valence-corrected chi connectivity index (χ4v) is 1.90. The van der Waals surface area contributed by atoms with Crippen molar-refractivity contribution in [2.75, 3.05) is 65.7 Å². The van der Waals surface area contributed by atoms with Gasteiger partial charge < -0.3 is 29.9 Å². The van der Waals surface area contributed by atoms with Gasteiger partial charge in [0.15, 0.2) is 0 Å². The Morgan fingerprint density at radius 3 is 1.04 bits per heavy atom. The molecule has 0 saturated heterocycles. The standard InChI is InChI=1S/C14H24N2O10.Na/c17-11(18)7-15(8-12(19)20)1-3-25-5-6-26-4-2-16(9-13(21)22)10-14(23)24;/h1-10H2,(H,17,18)(H,19,20)(H,21,22)(H,23,24);/q;+1. The Hall–Kier alpha value is -1.28. The predicted molar refractivity (Wildman–Crippen MR) is 85.1 cm³/mol. The molecule has 13 heteroatoms. The second-order valence-corrected chi connectivity index (χ2v) is 5.22. The molecular weight excluding hydrogens is 379 g/mol. The summed E-state index contributed by atoms with van der Waals surface area (Å²) in [6, 6.07) is 0. The molecule has 0 bridgehead atoms. The zero-order valence-electron chi connectivity index (χ0n) is 15.2. The zero-order valence-corrected chi connectivity index (χ0v) is 17.2. The van der Waals surface area contributed by atoms with Crippen LogP contribution in [0.2, 0.25) is 0 Å². The Bertz CT molecular complexity index is 403. The van der Waals surface area contributed by atoms with Gasteiger partial charge >= 0.3 is 53.4 Å². The van der Waals surface area contributed by atoms with E-state index in [1.54, 1.807) is 0 Å². The predicted octanol–water partition coefficient (Wildman–Crippen LogP) is -5.03. The van der Waals surface area contributed by atoms with Crippen molar-refractivity contribution in [2.45, 2.75) is 0 Å². The first-order valence-electron chi connectivity index (χ1n) is 7.68. The summed E-state index contributed by atoms with van der Waals surface area (Å²) < 4.78 is 10.4. The van der Waals surface area contributed by atoms with Gasteiger partial charge in [0.05, 0.1) is 52.6 Å². The van der Waals surface area contributed by atoms with Gasteiger partial charge in [0.1, 0.15) is 0 Å². The minimum absolute atomic E-state index is 0. The molecule has 0 aromatic heterocycles. The molecule has 0 saturated carbocycles. The van der Waals surface area contributed by atoms with Crippen LogP contribution in [0.25, 0.3) is 0 Å². The van der Waals surface area contributed by atoms with Gasteiger partial charge in [-0.05, 0) is 0 Å². The Balaban J connectivity index is 0. The number of carboxylic acid groups (broad SMARTS) is 4. The molecule has 150 valence electrons. The molecule has 4 N–H and O–H groups in total. The maximum atomic E-state index is 10.6. The number of ether oxygens (including phenoxy) is 2. The Morgan fingerprint density at radius 1 is 0.556 bits per heavy atom. The van der Waals surface area contributed by atoms with Gasteiger partial charge in [-0.15, -0.1) is 0 Å². The summed E-state index contributed by atoms with van der Waals surface area (Å²) in [5, 5.41) is 34.7. The van der Waals surface area contributed by atoms with Gasteiger partial charge in [-0.1, -0.05) is 0 Å². The molecule has 12 nitrogen and oxygen atoms in total. The minimum atomic E-state index is -1.14. The summed E-state index contributed by atoms with van der Waals surface area (Å²) in [4.78, 5) is 44.9. The second-order valence-electron chi connectivity index (χ2n) is 5.22. The van der Waals surface area contributed by atoms with Crippen LogP contribution in [-0.2, 0) is 28.7 Å². The molecule has 0 unspecified atom stereocenters. The van der Waals surface area contributed by atoms with Crippen molar-refractivity contribution < 1.29 is 78.6 Å². The largest absolute Gasteiger partial charge is 1.00 e. The third kappa shape index (κ3) is 19.3. The Labute approximate surface area is 177 Å². The number of hydrogen-bond acceptors (Lipinski definition) is 8. The molecule has 0 aromatic rings. The maximum Gasteiger partial charge on any atom is 1.00 e. The molecule has 0 atom stereocenters. The van der Waals surface area contributed by atoms with Crippen molar-refractivity contribution in [2.24, 2.45) is 0 Å². The van der Waals surface area contributed by atoms with E-state index in [0.717, 1.165) is 0 Å². The first-order valence-corrected chi connectivity index (χ1v) is 7.68. The SMILES string of the molecule is O=C(O)CN(CCOCCOCCN(CC(=O)O)CC(=O)O)CC(=O)O.[Na+]. The molecule has 0 aromatic carbocycles. The molecule has 0 heterocycles. The summed E-state index contributed by atoms with van der Waals surface area (Å²) in [6.45, 7) is -0.790. The smallest absolute Gasteiger partial charge is 0.480 e. The third-order valence-electron chi connectivity index (χ3n) is 2.91. The number of aliphatic carboxylic acids is 4. The molecule has 0 aliphatic rings. The van der Waals surface area contributed by atoms with E-state index in [0.29, 0.717) is 0 Å². The van der Waals surface area contributed by atoms with Crippen molar-refractivity contribution in [1.82, 2.24) is 9.80 Å². The molecule has 0 rings (SSSR count). The number of rotatable bonds is 17. The van der Waals surface area contributed by atoms with E-state index in [2.05, 4.69) is 0 Å². The van der Waals surface area contributed by atoms with E-state index in [1.807, 2.05) is 0 Å². The number of hydrogen-bond donors (Lipinski definition) is 4. The van der Waals surface area contributed by atoms with Crippen LogP contribution in [0.15, 0.2) is 0 Å². The van der Waals surface area contributed by atoms with E-state index in [4.69, 9.17) is 29.9 Å². The average Bonchev–Trinajstić information content (AvgIpc) is 2.47. The third-order valence-corrected chi connectivity index (χ3v) is 2.91. The van der Waals surface area contributed by atoms with Crippen molar-refractivity contribution in [3.05, 3.63) is 0 Å². The quantitative estimate of drug-likeness (QED) is 0.135. The molecule has 0 spiro atoms. The van der Waals surface area contributed by atoms with Crippen LogP contribution in [0, 0.1) is 0 Å². The fourth-order valence-electron chi connectivity index (χ4n) is 1.90. The number of carboxylic acids is 4. The molecule has 0 amide bonds. The Kier molecular flexibility index (Phi) is 17.4. The van der Waals surface area contributed by atoms with Gasteiger partial charge in [-0.3, -0.25) is 29.0 Å². The van der Waals surface area contributed by atoms with Crippen LogP contribution < -0.4 is 29.6 Å². The van der Waals surface area contributed by atoms with E-state index in [1.165, 1.54) is 9.80 Å². The topological polar surface area (TPSA) is 174 Å². The molecule has 0 fully saturated rings. The first-order chi connectivity index (χ1) is 12.2. The summed E-state index contributed by atoms with van der Waals surface area (Å²) in [6.07, 6.45) is 0. The van der Waals surface area contributed by atoms with Crippen molar-refractivity contribution >= 4 is 23.9 Å². The maximum absolute atomic E-state index is 10.6. The molecule has 27 heavy (non-hydrogen) atoms. The zero-order chi connectivity index (χ0) is 19.9. The van der Waals surface area contributed by atoms with E-state index >= 15 is 0 Å². The number of carbonyl (C=O) groups is 4. The average molecular weight is 403 g/mol. The van der Waals surface area contributed by atoms with Crippen LogP contribution in [0.5, 0.6) is 0 Å². The molecule has 0 radical (unpaired) electrons. The summed E-state index contributed by atoms with van der Waals surface area (Å²) in [5.74, 6) is -4.55. The van der Waals surface area contributed by atoms with Gasteiger partial charge in [0.25, 0.3) is 0 Å². The van der Waals surface area contributed by atoms with Gasteiger partial charge in [-0.25, -0.2) is 0 Å². The van der Waals surface area contributed by atoms with E-state index in [-0.39, 0.29) is 69.1 Å². The number of nitrogens with zero attached hydrogens (tertiary/aromatic N) is 2. The normalized spacial score (nSPS) is 10.6. The summed E-state index contributed by atoms with van der Waals surface area (Å²) in [5.41, 5.74) is 0. The van der Waals surface area contributed by atoms with Crippen molar-refractivity contribution in [3.8, 4) is 0 Å². The van der Waals surface area contributed by atoms with Crippen LogP contribution in [0.4, 0.5) is 0 Å². The molecule has 0 aliphatic carbocycles. The summed E-state index contributed by atoms with van der Waals surface area (Å²) in [7, 11) is 0.